The van der Waals surface area contributed by atoms with Crippen LogP contribution in [0.25, 0.3) is 22.2 Å². The van der Waals surface area contributed by atoms with Crippen LogP contribution in [0.5, 0.6) is 0 Å². The minimum Gasteiger partial charge on any atom is -0.360 e. The van der Waals surface area contributed by atoms with E-state index < -0.39 is 19.7 Å². The van der Waals surface area contributed by atoms with Gasteiger partial charge in [-0.2, -0.15) is 18.4 Å². The Morgan fingerprint density at radius 1 is 1.27 bits per heavy atom. The van der Waals surface area contributed by atoms with Crippen molar-refractivity contribution in [3.05, 3.63) is 35.7 Å². The predicted octanol–water partition coefficient (Wildman–Crippen LogP) is 4.82. The lowest BCUT2D eigenvalue weighted by Gasteiger charge is -2.36. The van der Waals surface area contributed by atoms with Gasteiger partial charge in [0.05, 0.1) is 22.8 Å². The van der Waals surface area contributed by atoms with Crippen LogP contribution in [-0.4, -0.2) is 46.4 Å². The number of hydrogen-bond donors (Lipinski definition) is 3. The predicted molar refractivity (Wildman–Crippen MR) is 126 cm³/mol. The highest BCUT2D eigenvalue weighted by molar-refractivity contribution is 7.64. The molecule has 1 unspecified atom stereocenters. The van der Waals surface area contributed by atoms with Gasteiger partial charge in [0.1, 0.15) is 5.56 Å². The summed E-state index contributed by atoms with van der Waals surface area (Å²) in [5, 5.41) is 17.6. The lowest BCUT2D eigenvalue weighted by atomic mass is 9.91. The van der Waals surface area contributed by atoms with Crippen LogP contribution in [0.4, 0.5) is 19.1 Å². The second kappa shape index (κ2) is 8.58. The van der Waals surface area contributed by atoms with Gasteiger partial charge in [0, 0.05) is 46.8 Å². The average Bonchev–Trinajstić information content (AvgIpc) is 3.17. The van der Waals surface area contributed by atoms with Crippen molar-refractivity contribution < 1.29 is 13.2 Å². The van der Waals surface area contributed by atoms with Crippen LogP contribution in [0.3, 0.4) is 0 Å². The number of rotatable bonds is 4. The lowest BCUT2D eigenvalue weighted by molar-refractivity contribution is -0.137. The normalized spacial score (nSPS) is 18.5. The summed E-state index contributed by atoms with van der Waals surface area (Å²) in [5.41, 5.74) is 0.515. The van der Waals surface area contributed by atoms with Crippen LogP contribution in [0.2, 0.25) is 0 Å². The summed E-state index contributed by atoms with van der Waals surface area (Å²) < 4.78 is 41.6. The summed E-state index contributed by atoms with van der Waals surface area (Å²) in [6.45, 7) is 8.95. The number of hydrogen-bond acceptors (Lipinski definition) is 5. The number of nitrogens with zero attached hydrogens (tertiary/aromatic N) is 3. The number of piperidine rings is 1. The molecular weight excluding hydrogens is 448 g/mol. The fourth-order valence-corrected chi connectivity index (χ4v) is 5.47. The summed E-state index contributed by atoms with van der Waals surface area (Å²) in [6.07, 6.45) is -0.419. The molecule has 0 spiro atoms. The molecule has 10 heteroatoms. The fourth-order valence-electron chi connectivity index (χ4n) is 4.23. The Kier molecular flexibility index (Phi) is 6.10. The first-order valence-corrected chi connectivity index (χ1v) is 12.9. The molecule has 1 atom stereocenters. The molecule has 6 nitrogen and oxygen atoms in total. The third-order valence-corrected chi connectivity index (χ3v) is 7.38. The zero-order chi connectivity index (χ0) is 24.0. The molecule has 4 rings (SSSR count). The van der Waals surface area contributed by atoms with Crippen molar-refractivity contribution in [2.75, 3.05) is 25.2 Å². The van der Waals surface area contributed by atoms with E-state index in [1.807, 2.05) is 13.3 Å². The number of alkyl halides is 3. The second-order valence-corrected chi connectivity index (χ2v) is 11.4. The van der Waals surface area contributed by atoms with Crippen molar-refractivity contribution >= 4 is 30.1 Å². The van der Waals surface area contributed by atoms with Gasteiger partial charge in [0.25, 0.3) is 0 Å². The van der Waals surface area contributed by atoms with Crippen molar-refractivity contribution in [1.82, 2.24) is 20.3 Å². The third kappa shape index (κ3) is 4.68. The minimum absolute atomic E-state index is 0.0270. The van der Waals surface area contributed by atoms with Gasteiger partial charge in [-0.05, 0) is 46.1 Å². The molecule has 0 amide bonds. The molecule has 1 aliphatic rings. The topological polar surface area (TPSA) is 89.4 Å². The Bertz CT molecular complexity index is 1220. The van der Waals surface area contributed by atoms with Gasteiger partial charge in [0.15, 0.2) is 0 Å². The van der Waals surface area contributed by atoms with Crippen LogP contribution >= 0.6 is 7.92 Å². The van der Waals surface area contributed by atoms with E-state index in [-0.39, 0.29) is 23.2 Å². The maximum atomic E-state index is 13.9. The summed E-state index contributed by atoms with van der Waals surface area (Å²) in [4.78, 5) is 11.4. The number of fused-ring (bicyclic) bond motifs is 1. The van der Waals surface area contributed by atoms with Gasteiger partial charge in [-0.1, -0.05) is 14.0 Å². The molecule has 3 aromatic rings. The summed E-state index contributed by atoms with van der Waals surface area (Å²) in [6, 6.07) is 5.57. The highest BCUT2D eigenvalue weighted by atomic mass is 31.1. The Hall–Kier alpha value is -2.69. The number of nitrogens with one attached hydrogen (secondary N) is 3. The number of aromatic amines is 1. The molecule has 1 fully saturated rings. The van der Waals surface area contributed by atoms with Crippen LogP contribution in [0.15, 0.2) is 24.5 Å². The molecule has 0 radical (unpaired) electrons. The van der Waals surface area contributed by atoms with Gasteiger partial charge in [-0.25, -0.2) is 9.97 Å². The smallest absolute Gasteiger partial charge is 0.360 e. The molecule has 3 N–H and O–H groups in total. The first-order valence-electron chi connectivity index (χ1n) is 10.7. The largest absolute Gasteiger partial charge is 0.419 e. The van der Waals surface area contributed by atoms with E-state index in [2.05, 4.69) is 45.5 Å². The zero-order valence-corrected chi connectivity index (χ0v) is 19.8. The van der Waals surface area contributed by atoms with Crippen molar-refractivity contribution in [3.63, 3.8) is 0 Å². The first kappa shape index (κ1) is 23.5. The minimum atomic E-state index is -4.61. The third-order valence-electron chi connectivity index (χ3n) is 6.02. The van der Waals surface area contributed by atoms with Gasteiger partial charge in [0.2, 0.25) is 5.95 Å². The fraction of sp³-hybridized carbons (Fsp3) is 0.435. The molecule has 174 valence electrons. The molecule has 33 heavy (non-hydrogen) atoms. The molecule has 1 aromatic carbocycles. The Balaban J connectivity index is 1.79. The monoisotopic (exact) mass is 474 g/mol. The number of H-pyrrole nitrogens is 1. The Morgan fingerprint density at radius 2 is 2.03 bits per heavy atom. The average molecular weight is 474 g/mol. The van der Waals surface area contributed by atoms with Gasteiger partial charge < -0.3 is 15.6 Å². The van der Waals surface area contributed by atoms with Crippen LogP contribution in [0, 0.1) is 11.3 Å². The highest BCUT2D eigenvalue weighted by Crippen LogP contribution is 2.40. The van der Waals surface area contributed by atoms with E-state index >= 15 is 0 Å². The molecule has 1 aliphatic heterocycles. The number of aromatic nitrogens is 3. The number of anilines is 1. The van der Waals surface area contributed by atoms with Crippen LogP contribution in [-0.2, 0) is 6.18 Å². The highest BCUT2D eigenvalue weighted by Gasteiger charge is 2.36. The standard InChI is InChI=1S/C23H26F3N6P/c1-22(2)8-7-14(10-30-22)31-21-29-12-17(23(24,25)26)18(32-21)16-11-28-19-15(16)6-5-13(9-27)20(19)33(3)4/h5-6,11-12,14,28,30H,7-8,10H2,1-4H3,(H,29,31,32). The molecule has 0 bridgehead atoms. The number of nitriles is 1. The maximum absolute atomic E-state index is 13.9. The number of benzene rings is 1. The lowest BCUT2D eigenvalue weighted by Crippen LogP contribution is -2.50. The van der Waals surface area contributed by atoms with Gasteiger partial charge >= 0.3 is 6.18 Å². The van der Waals surface area contributed by atoms with Gasteiger partial charge in [-0.15, -0.1) is 0 Å². The van der Waals surface area contributed by atoms with Crippen LogP contribution < -0.4 is 15.9 Å². The summed E-state index contributed by atoms with van der Waals surface area (Å²) in [7, 11) is -0.662. The summed E-state index contributed by atoms with van der Waals surface area (Å²) >= 11 is 0. The van der Waals surface area contributed by atoms with Crippen molar-refractivity contribution in [1.29, 1.82) is 5.26 Å². The van der Waals surface area contributed by atoms with E-state index in [1.54, 1.807) is 18.3 Å². The molecule has 3 heterocycles. The van der Waals surface area contributed by atoms with E-state index in [9.17, 15) is 18.4 Å². The van der Waals surface area contributed by atoms with Gasteiger partial charge in [-0.3, -0.25) is 0 Å². The quantitative estimate of drug-likeness (QED) is 0.472. The van der Waals surface area contributed by atoms with Crippen molar-refractivity contribution in [2.24, 2.45) is 0 Å². The molecule has 2 aromatic heterocycles. The molecule has 1 saturated heterocycles. The maximum Gasteiger partial charge on any atom is 0.419 e. The molecular formula is C23H26F3N6P. The van der Waals surface area contributed by atoms with Crippen LogP contribution in [0.1, 0.15) is 37.8 Å². The first-order chi connectivity index (χ1) is 15.5. The van der Waals surface area contributed by atoms with E-state index in [4.69, 9.17) is 0 Å². The SMILES string of the molecule is CP(C)c1c(C#N)ccc2c(-c3nc(NC4CCC(C)(C)NC4)ncc3C(F)(F)F)c[nH]c12. The zero-order valence-electron chi connectivity index (χ0n) is 18.9. The van der Waals surface area contributed by atoms with Crippen molar-refractivity contribution in [2.45, 2.75) is 44.4 Å². The Morgan fingerprint density at radius 3 is 2.64 bits per heavy atom. The van der Waals surface area contributed by atoms with Crippen molar-refractivity contribution in [3.8, 4) is 17.3 Å². The Labute approximate surface area is 191 Å². The van der Waals surface area contributed by atoms with E-state index in [0.29, 0.717) is 28.6 Å². The summed E-state index contributed by atoms with van der Waals surface area (Å²) in [5.74, 6) is 0.168. The molecule has 0 aliphatic carbocycles. The second-order valence-electron chi connectivity index (χ2n) is 9.19. The van der Waals surface area contributed by atoms with E-state index in [1.165, 1.54) is 0 Å². The number of halogens is 3. The van der Waals surface area contributed by atoms with E-state index in [0.717, 1.165) is 24.3 Å². The molecule has 0 saturated carbocycles.